The minimum atomic E-state index is -4.51. The molecule has 0 unspecified atom stereocenters. The molecule has 1 aromatic rings. The van der Waals surface area contributed by atoms with Crippen molar-refractivity contribution < 1.29 is 23.6 Å². The van der Waals surface area contributed by atoms with Crippen molar-refractivity contribution in [3.8, 4) is 11.5 Å². The summed E-state index contributed by atoms with van der Waals surface area (Å²) in [7, 11) is -3.12. The van der Waals surface area contributed by atoms with Crippen molar-refractivity contribution in [2.45, 2.75) is 0 Å². The van der Waals surface area contributed by atoms with Crippen molar-refractivity contribution in [1.82, 2.24) is 0 Å². The lowest BCUT2D eigenvalue weighted by atomic mass is 10.3. The highest BCUT2D eigenvalue weighted by molar-refractivity contribution is 7.46. The second kappa shape index (κ2) is 8.05. The smallest absolute Gasteiger partial charge is 0.493 e. The lowest BCUT2D eigenvalue weighted by molar-refractivity contribution is 0.276. The molecular formula is C9H17N2O5P. The van der Waals surface area contributed by atoms with Gasteiger partial charge >= 0.3 is 7.82 Å². The van der Waals surface area contributed by atoms with Gasteiger partial charge in [0.15, 0.2) is 11.5 Å². The van der Waals surface area contributed by atoms with Crippen LogP contribution in [0.25, 0.3) is 0 Å². The Morgan fingerprint density at radius 2 is 1.65 bits per heavy atom. The van der Waals surface area contributed by atoms with Crippen LogP contribution in [0.3, 0.4) is 0 Å². The van der Waals surface area contributed by atoms with E-state index in [-0.39, 0.29) is 11.5 Å². The van der Waals surface area contributed by atoms with E-state index in [0.29, 0.717) is 13.1 Å². The Balaban J connectivity index is 0.000000557. The van der Waals surface area contributed by atoms with Gasteiger partial charge < -0.3 is 20.7 Å². The second-order valence-electron chi connectivity index (χ2n) is 2.81. The standard InChI is InChI=1S/C7H9O5P.C2H8N2/c1-11-6-4-2-3-5-7(6)12-13(8,9)10;3-1-2-4/h2-5H,1H3,(H2,8,9,10);1-4H2. The maximum atomic E-state index is 10.5. The van der Waals surface area contributed by atoms with Crippen molar-refractivity contribution in [1.29, 1.82) is 0 Å². The Labute approximate surface area is 99.6 Å². The highest BCUT2D eigenvalue weighted by atomic mass is 31.2. The minimum Gasteiger partial charge on any atom is -0.493 e. The van der Waals surface area contributed by atoms with Gasteiger partial charge in [-0.15, -0.1) is 0 Å². The molecule has 0 saturated carbocycles. The summed E-state index contributed by atoms with van der Waals surface area (Å²) in [4.78, 5) is 17.0. The van der Waals surface area contributed by atoms with Crippen molar-refractivity contribution in [3.63, 3.8) is 0 Å². The molecule has 0 aliphatic heterocycles. The van der Waals surface area contributed by atoms with E-state index < -0.39 is 7.82 Å². The first kappa shape index (κ1) is 15.9. The zero-order chi connectivity index (χ0) is 13.3. The number of phosphoric ester groups is 1. The second-order valence-corrected chi connectivity index (χ2v) is 3.97. The lowest BCUT2D eigenvalue weighted by Crippen LogP contribution is -2.11. The molecule has 0 spiro atoms. The van der Waals surface area contributed by atoms with Gasteiger partial charge in [0.1, 0.15) is 0 Å². The molecule has 0 bridgehead atoms. The molecule has 0 aliphatic rings. The SMILES string of the molecule is COc1ccccc1OP(=O)(O)O.NCCN. The van der Waals surface area contributed by atoms with Crippen LogP contribution in [0, 0.1) is 0 Å². The van der Waals surface area contributed by atoms with Gasteiger partial charge in [0.05, 0.1) is 7.11 Å². The topological polar surface area (TPSA) is 128 Å². The molecule has 0 aliphatic carbocycles. The Morgan fingerprint density at radius 1 is 1.18 bits per heavy atom. The highest BCUT2D eigenvalue weighted by Gasteiger charge is 2.18. The number of para-hydroxylation sites is 2. The third kappa shape index (κ3) is 7.73. The van der Waals surface area contributed by atoms with Gasteiger partial charge in [-0.05, 0) is 12.1 Å². The monoisotopic (exact) mass is 264 g/mol. The van der Waals surface area contributed by atoms with Crippen molar-refractivity contribution >= 4 is 7.82 Å². The Hall–Kier alpha value is -1.11. The van der Waals surface area contributed by atoms with Crippen LogP contribution >= 0.6 is 7.82 Å². The molecule has 0 radical (unpaired) electrons. The van der Waals surface area contributed by atoms with Gasteiger partial charge in [-0.3, -0.25) is 9.79 Å². The molecule has 17 heavy (non-hydrogen) atoms. The minimum absolute atomic E-state index is 0.0262. The van der Waals surface area contributed by atoms with E-state index in [1.54, 1.807) is 18.2 Å². The molecule has 0 saturated heterocycles. The molecule has 0 heterocycles. The molecule has 8 heteroatoms. The number of hydrogen-bond acceptors (Lipinski definition) is 5. The molecule has 0 aromatic heterocycles. The average molecular weight is 264 g/mol. The van der Waals surface area contributed by atoms with Gasteiger partial charge in [-0.1, -0.05) is 12.1 Å². The first-order valence-electron chi connectivity index (χ1n) is 4.73. The van der Waals surface area contributed by atoms with Crippen LogP contribution in [0.1, 0.15) is 0 Å². The van der Waals surface area contributed by atoms with Gasteiger partial charge in [0.2, 0.25) is 0 Å². The summed E-state index contributed by atoms with van der Waals surface area (Å²) in [6.07, 6.45) is 0. The number of hydrogen-bond donors (Lipinski definition) is 4. The predicted octanol–water partition coefficient (Wildman–Crippen LogP) is 0.0705. The van der Waals surface area contributed by atoms with E-state index in [4.69, 9.17) is 26.0 Å². The molecule has 0 amide bonds. The lowest BCUT2D eigenvalue weighted by Gasteiger charge is -2.09. The number of benzene rings is 1. The third-order valence-corrected chi connectivity index (χ3v) is 1.89. The number of methoxy groups -OCH3 is 1. The van der Waals surface area contributed by atoms with Crippen molar-refractivity contribution in [2.75, 3.05) is 20.2 Å². The Bertz CT molecular complexity index is 366. The van der Waals surface area contributed by atoms with Crippen LogP contribution in [0.15, 0.2) is 24.3 Å². The highest BCUT2D eigenvalue weighted by Crippen LogP contribution is 2.41. The Morgan fingerprint density at radius 3 is 2.00 bits per heavy atom. The van der Waals surface area contributed by atoms with Crippen LogP contribution in [0.5, 0.6) is 11.5 Å². The number of rotatable bonds is 4. The molecule has 1 aromatic carbocycles. The first-order chi connectivity index (χ1) is 7.94. The van der Waals surface area contributed by atoms with E-state index in [1.165, 1.54) is 13.2 Å². The number of phosphoric acid groups is 1. The predicted molar refractivity (Wildman–Crippen MR) is 63.8 cm³/mol. The average Bonchev–Trinajstić information content (AvgIpc) is 2.28. The van der Waals surface area contributed by atoms with E-state index in [0.717, 1.165) is 0 Å². The van der Waals surface area contributed by atoms with Gasteiger partial charge in [-0.2, -0.15) is 0 Å². The van der Waals surface area contributed by atoms with Crippen LogP contribution in [0.4, 0.5) is 0 Å². The third-order valence-electron chi connectivity index (χ3n) is 1.45. The summed E-state index contributed by atoms with van der Waals surface area (Å²) in [6, 6.07) is 6.22. The van der Waals surface area contributed by atoms with E-state index >= 15 is 0 Å². The first-order valence-corrected chi connectivity index (χ1v) is 6.26. The molecule has 6 N–H and O–H groups in total. The summed E-state index contributed by atoms with van der Waals surface area (Å²) < 4.78 is 19.7. The molecule has 7 nitrogen and oxygen atoms in total. The summed E-state index contributed by atoms with van der Waals surface area (Å²) in [5.74, 6) is 0.309. The quantitative estimate of drug-likeness (QED) is 0.566. The molecule has 98 valence electrons. The Kier molecular flexibility index (Phi) is 7.53. The number of nitrogens with two attached hydrogens (primary N) is 2. The van der Waals surface area contributed by atoms with Crippen LogP contribution < -0.4 is 20.7 Å². The maximum Gasteiger partial charge on any atom is 0.524 e. The summed E-state index contributed by atoms with van der Waals surface area (Å²) in [5.41, 5.74) is 9.81. The fourth-order valence-corrected chi connectivity index (χ4v) is 1.23. The molecule has 0 fully saturated rings. The summed E-state index contributed by atoms with van der Waals surface area (Å²) in [5, 5.41) is 0. The van der Waals surface area contributed by atoms with E-state index in [9.17, 15) is 4.57 Å². The molecule has 1 rings (SSSR count). The van der Waals surface area contributed by atoms with Crippen molar-refractivity contribution in [3.05, 3.63) is 24.3 Å². The van der Waals surface area contributed by atoms with Gasteiger partial charge in [0.25, 0.3) is 0 Å². The zero-order valence-corrected chi connectivity index (χ0v) is 10.3. The van der Waals surface area contributed by atoms with Crippen LogP contribution in [-0.4, -0.2) is 30.0 Å². The maximum absolute atomic E-state index is 10.5. The fourth-order valence-electron chi connectivity index (χ4n) is 0.822. The fraction of sp³-hybridized carbons (Fsp3) is 0.333. The van der Waals surface area contributed by atoms with Gasteiger partial charge in [-0.25, -0.2) is 4.57 Å². The van der Waals surface area contributed by atoms with E-state index in [1.807, 2.05) is 0 Å². The van der Waals surface area contributed by atoms with Crippen LogP contribution in [-0.2, 0) is 4.57 Å². The van der Waals surface area contributed by atoms with E-state index in [2.05, 4.69) is 4.52 Å². The molecule has 0 atom stereocenters. The molecular weight excluding hydrogens is 247 g/mol. The summed E-state index contributed by atoms with van der Waals surface area (Å²) in [6.45, 7) is 1.19. The normalized spacial score (nSPS) is 10.2. The largest absolute Gasteiger partial charge is 0.524 e. The van der Waals surface area contributed by atoms with Gasteiger partial charge in [0, 0.05) is 13.1 Å². The van der Waals surface area contributed by atoms with Crippen LogP contribution in [0.2, 0.25) is 0 Å². The van der Waals surface area contributed by atoms with Crippen molar-refractivity contribution in [2.24, 2.45) is 11.5 Å². The zero-order valence-electron chi connectivity index (χ0n) is 9.44. The summed E-state index contributed by atoms with van der Waals surface area (Å²) >= 11 is 0. The number of ether oxygens (including phenoxy) is 1.